The fraction of sp³-hybridized carbons (Fsp3) is 0.467. The summed E-state index contributed by atoms with van der Waals surface area (Å²) in [5, 5.41) is 0. The standard InChI is InChI=1S/C15H21NO/c1-9-6-10-8-12(15(2,3)4)14(17-5)13(16)11(10)7-9/h7-8H,6,16H2,1-5H3. The highest BCUT2D eigenvalue weighted by Gasteiger charge is 2.25. The first-order valence-corrected chi connectivity index (χ1v) is 6.01. The number of nitrogens with two attached hydrogens (primary N) is 1. The summed E-state index contributed by atoms with van der Waals surface area (Å²) in [6, 6.07) is 2.25. The van der Waals surface area contributed by atoms with Crippen molar-refractivity contribution in [3.8, 4) is 5.75 Å². The van der Waals surface area contributed by atoms with Gasteiger partial charge in [-0.05, 0) is 24.3 Å². The molecule has 2 nitrogen and oxygen atoms in total. The molecule has 17 heavy (non-hydrogen) atoms. The first kappa shape index (κ1) is 12.0. The Balaban J connectivity index is 2.68. The Kier molecular flexibility index (Phi) is 2.69. The number of fused-ring (bicyclic) bond motifs is 1. The van der Waals surface area contributed by atoms with Crippen molar-refractivity contribution < 1.29 is 4.74 Å². The smallest absolute Gasteiger partial charge is 0.146 e. The van der Waals surface area contributed by atoms with Gasteiger partial charge in [0.25, 0.3) is 0 Å². The minimum atomic E-state index is 0.0466. The van der Waals surface area contributed by atoms with Gasteiger partial charge in [0.05, 0.1) is 12.8 Å². The number of ether oxygens (including phenoxy) is 1. The van der Waals surface area contributed by atoms with Crippen molar-refractivity contribution in [3.05, 3.63) is 28.3 Å². The topological polar surface area (TPSA) is 35.2 Å². The lowest BCUT2D eigenvalue weighted by Crippen LogP contribution is -2.15. The van der Waals surface area contributed by atoms with Gasteiger partial charge in [-0.1, -0.05) is 38.5 Å². The summed E-state index contributed by atoms with van der Waals surface area (Å²) in [6.07, 6.45) is 3.17. The van der Waals surface area contributed by atoms with E-state index in [4.69, 9.17) is 10.5 Å². The van der Waals surface area contributed by atoms with E-state index < -0.39 is 0 Å². The predicted molar refractivity (Wildman–Crippen MR) is 73.5 cm³/mol. The summed E-state index contributed by atoms with van der Waals surface area (Å²) in [4.78, 5) is 0. The summed E-state index contributed by atoms with van der Waals surface area (Å²) in [5.41, 5.74) is 12.1. The second kappa shape index (κ2) is 3.80. The van der Waals surface area contributed by atoms with Gasteiger partial charge in [0.1, 0.15) is 5.75 Å². The van der Waals surface area contributed by atoms with Crippen molar-refractivity contribution in [1.29, 1.82) is 0 Å². The fourth-order valence-electron chi connectivity index (χ4n) is 2.45. The van der Waals surface area contributed by atoms with Crippen LogP contribution in [0.3, 0.4) is 0 Å². The molecular formula is C15H21NO. The molecule has 0 radical (unpaired) electrons. The first-order chi connectivity index (χ1) is 7.84. The average Bonchev–Trinajstić information content (AvgIpc) is 2.57. The van der Waals surface area contributed by atoms with E-state index in [-0.39, 0.29) is 5.41 Å². The van der Waals surface area contributed by atoms with Gasteiger partial charge in [0, 0.05) is 11.1 Å². The van der Waals surface area contributed by atoms with E-state index in [2.05, 4.69) is 39.8 Å². The lowest BCUT2D eigenvalue weighted by Gasteiger charge is -2.24. The molecule has 0 bridgehead atoms. The molecule has 0 atom stereocenters. The Labute approximate surface area is 103 Å². The molecule has 0 amide bonds. The molecule has 0 saturated heterocycles. The molecule has 0 aliphatic heterocycles. The molecule has 1 aliphatic rings. The summed E-state index contributed by atoms with van der Waals surface area (Å²) in [6.45, 7) is 8.70. The lowest BCUT2D eigenvalue weighted by molar-refractivity contribution is 0.399. The minimum Gasteiger partial charge on any atom is -0.494 e. The van der Waals surface area contributed by atoms with Gasteiger partial charge in [-0.2, -0.15) is 0 Å². The van der Waals surface area contributed by atoms with Crippen LogP contribution in [0.25, 0.3) is 6.08 Å². The van der Waals surface area contributed by atoms with E-state index in [1.165, 1.54) is 16.7 Å². The van der Waals surface area contributed by atoms with Crippen molar-refractivity contribution in [3.63, 3.8) is 0 Å². The van der Waals surface area contributed by atoms with E-state index in [1.807, 2.05) is 0 Å². The second-order valence-corrected chi connectivity index (χ2v) is 5.86. The number of benzene rings is 1. The molecule has 0 aromatic heterocycles. The van der Waals surface area contributed by atoms with Crippen LogP contribution in [-0.4, -0.2) is 7.11 Å². The van der Waals surface area contributed by atoms with Crippen LogP contribution < -0.4 is 10.5 Å². The maximum atomic E-state index is 6.24. The van der Waals surface area contributed by atoms with Crippen LogP contribution in [0.5, 0.6) is 5.75 Å². The summed E-state index contributed by atoms with van der Waals surface area (Å²) < 4.78 is 5.51. The molecule has 2 heteroatoms. The Hall–Kier alpha value is -1.44. The van der Waals surface area contributed by atoms with Crippen molar-refractivity contribution in [2.75, 3.05) is 12.8 Å². The zero-order valence-corrected chi connectivity index (χ0v) is 11.3. The van der Waals surface area contributed by atoms with Crippen LogP contribution in [0.2, 0.25) is 0 Å². The van der Waals surface area contributed by atoms with Crippen LogP contribution >= 0.6 is 0 Å². The number of methoxy groups -OCH3 is 1. The summed E-state index contributed by atoms with van der Waals surface area (Å²) in [5.74, 6) is 0.835. The second-order valence-electron chi connectivity index (χ2n) is 5.86. The molecule has 0 heterocycles. The van der Waals surface area contributed by atoms with E-state index in [0.29, 0.717) is 0 Å². The molecule has 2 N–H and O–H groups in total. The number of rotatable bonds is 1. The van der Waals surface area contributed by atoms with E-state index in [1.54, 1.807) is 7.11 Å². The molecule has 0 saturated carbocycles. The number of hydrogen-bond acceptors (Lipinski definition) is 2. The average molecular weight is 231 g/mol. The van der Waals surface area contributed by atoms with Gasteiger partial charge in [-0.25, -0.2) is 0 Å². The van der Waals surface area contributed by atoms with Crippen LogP contribution in [0.15, 0.2) is 11.6 Å². The highest BCUT2D eigenvalue weighted by Crippen LogP contribution is 2.42. The lowest BCUT2D eigenvalue weighted by atomic mass is 9.84. The largest absolute Gasteiger partial charge is 0.494 e. The van der Waals surface area contributed by atoms with Gasteiger partial charge in [-0.15, -0.1) is 0 Å². The third-order valence-corrected chi connectivity index (χ3v) is 3.32. The molecule has 1 aliphatic carbocycles. The Morgan fingerprint density at radius 2 is 1.94 bits per heavy atom. The highest BCUT2D eigenvalue weighted by molar-refractivity contribution is 5.79. The molecule has 0 unspecified atom stereocenters. The molecule has 2 rings (SSSR count). The Morgan fingerprint density at radius 1 is 1.29 bits per heavy atom. The Morgan fingerprint density at radius 3 is 2.47 bits per heavy atom. The summed E-state index contributed by atoms with van der Waals surface area (Å²) in [7, 11) is 1.69. The van der Waals surface area contributed by atoms with Crippen molar-refractivity contribution >= 4 is 11.8 Å². The molecule has 1 aromatic rings. The number of allylic oxidation sites excluding steroid dienone is 1. The van der Waals surface area contributed by atoms with Crippen LogP contribution in [0.1, 0.15) is 44.4 Å². The maximum Gasteiger partial charge on any atom is 0.146 e. The van der Waals surface area contributed by atoms with Gasteiger partial charge in [0.2, 0.25) is 0 Å². The zero-order valence-electron chi connectivity index (χ0n) is 11.3. The SMILES string of the molecule is COc1c(C(C)(C)C)cc2c(c1N)C=C(C)C2. The Bertz CT molecular complexity index is 493. The zero-order chi connectivity index (χ0) is 12.8. The van der Waals surface area contributed by atoms with Crippen LogP contribution in [-0.2, 0) is 11.8 Å². The van der Waals surface area contributed by atoms with Gasteiger partial charge < -0.3 is 10.5 Å². The summed E-state index contributed by atoms with van der Waals surface area (Å²) >= 11 is 0. The van der Waals surface area contributed by atoms with Gasteiger partial charge >= 0.3 is 0 Å². The van der Waals surface area contributed by atoms with Crippen molar-refractivity contribution in [2.24, 2.45) is 0 Å². The molecule has 0 fully saturated rings. The number of hydrogen-bond donors (Lipinski definition) is 1. The maximum absolute atomic E-state index is 6.24. The third-order valence-electron chi connectivity index (χ3n) is 3.32. The van der Waals surface area contributed by atoms with Crippen LogP contribution in [0, 0.1) is 0 Å². The van der Waals surface area contributed by atoms with E-state index >= 15 is 0 Å². The van der Waals surface area contributed by atoms with E-state index in [0.717, 1.165) is 23.4 Å². The van der Waals surface area contributed by atoms with Crippen LogP contribution in [0.4, 0.5) is 5.69 Å². The normalized spacial score (nSPS) is 14.5. The van der Waals surface area contributed by atoms with Crippen molar-refractivity contribution in [2.45, 2.75) is 39.5 Å². The van der Waals surface area contributed by atoms with Gasteiger partial charge in [0.15, 0.2) is 0 Å². The van der Waals surface area contributed by atoms with E-state index in [9.17, 15) is 0 Å². The highest BCUT2D eigenvalue weighted by atomic mass is 16.5. The fourth-order valence-corrected chi connectivity index (χ4v) is 2.45. The first-order valence-electron chi connectivity index (χ1n) is 6.01. The third kappa shape index (κ3) is 1.92. The molecular weight excluding hydrogens is 210 g/mol. The molecule has 92 valence electrons. The number of anilines is 1. The number of nitrogen functional groups attached to an aromatic ring is 1. The van der Waals surface area contributed by atoms with Gasteiger partial charge in [-0.3, -0.25) is 0 Å². The molecule has 0 spiro atoms. The monoisotopic (exact) mass is 231 g/mol. The quantitative estimate of drug-likeness (QED) is 0.750. The minimum absolute atomic E-state index is 0.0466. The molecule has 1 aromatic carbocycles. The van der Waals surface area contributed by atoms with Crippen molar-refractivity contribution in [1.82, 2.24) is 0 Å². The predicted octanol–water partition coefficient (Wildman–Crippen LogP) is 3.53.